The van der Waals surface area contributed by atoms with Gasteiger partial charge in [0.25, 0.3) is 0 Å². The highest BCUT2D eigenvalue weighted by atomic mass is 19.4. The standard InChI is InChI=1S/C63H66F4O4/c1-5-7-9-10-40-11-13-41(14-12-40)42-19-29-51(30-20-42)70-60(68)44-17-15-43(16-18-44)45-21-34-56-55(38-45)57-52-33-26-48(63(65,66)67)39-54(52)59-53(58(57)61(56,3)4)35-36-62(71-59,46-22-27-49(64)28-23-46)47-24-31-50(32-25-47)69-37-8-6-2/h15-18,21-28,31-36,38-42,51H,5-14,19-20,29-30,37H2,1-4H3/t40-,41-,42-,51-,62?. The van der Waals surface area contributed by atoms with Gasteiger partial charge in [0.1, 0.15) is 23.4 Å². The van der Waals surface area contributed by atoms with Crippen LogP contribution >= 0.6 is 0 Å². The average molecular weight is 963 g/mol. The van der Waals surface area contributed by atoms with Crippen molar-refractivity contribution in [1.82, 2.24) is 0 Å². The minimum absolute atomic E-state index is 0.0574. The first-order valence-electron chi connectivity index (χ1n) is 26.3. The van der Waals surface area contributed by atoms with Gasteiger partial charge in [0, 0.05) is 27.5 Å². The lowest BCUT2D eigenvalue weighted by Gasteiger charge is -2.38. The second kappa shape index (κ2) is 20.0. The maximum absolute atomic E-state index is 14.7. The van der Waals surface area contributed by atoms with Crippen LogP contribution in [-0.2, 0) is 21.9 Å². The summed E-state index contributed by atoms with van der Waals surface area (Å²) >= 11 is 0. The van der Waals surface area contributed by atoms with Crippen molar-refractivity contribution in [3.05, 3.63) is 160 Å². The van der Waals surface area contributed by atoms with Gasteiger partial charge >= 0.3 is 12.1 Å². The topological polar surface area (TPSA) is 44.8 Å². The number of hydrogen-bond acceptors (Lipinski definition) is 4. The minimum Gasteiger partial charge on any atom is -0.494 e. The summed E-state index contributed by atoms with van der Waals surface area (Å²) in [6, 6.07) is 31.4. The number of hydrogen-bond donors (Lipinski definition) is 0. The maximum Gasteiger partial charge on any atom is 0.416 e. The van der Waals surface area contributed by atoms with Crippen LogP contribution in [0, 0.1) is 23.6 Å². The molecule has 8 heteroatoms. The van der Waals surface area contributed by atoms with Crippen LogP contribution in [0.5, 0.6) is 11.5 Å². The van der Waals surface area contributed by atoms with Crippen molar-refractivity contribution in [2.45, 2.75) is 141 Å². The summed E-state index contributed by atoms with van der Waals surface area (Å²) in [6.07, 6.45) is 16.1. The van der Waals surface area contributed by atoms with E-state index in [-0.39, 0.29) is 12.1 Å². The highest BCUT2D eigenvalue weighted by Gasteiger charge is 2.45. The first-order chi connectivity index (χ1) is 34.3. The van der Waals surface area contributed by atoms with E-state index in [2.05, 4.69) is 45.9 Å². The molecule has 3 aliphatic carbocycles. The van der Waals surface area contributed by atoms with E-state index in [0.717, 1.165) is 95.7 Å². The van der Waals surface area contributed by atoms with Gasteiger partial charge in [-0.1, -0.05) is 133 Å². The van der Waals surface area contributed by atoms with E-state index in [1.165, 1.54) is 69.6 Å². The number of esters is 1. The van der Waals surface area contributed by atoms with Crippen molar-refractivity contribution >= 4 is 22.8 Å². The molecule has 1 heterocycles. The Bertz CT molecular complexity index is 2900. The second-order valence-electron chi connectivity index (χ2n) is 21.3. The fraction of sp³-hybridized carbons (Fsp3) is 0.413. The zero-order valence-electron chi connectivity index (χ0n) is 41.6. The maximum atomic E-state index is 14.7. The first kappa shape index (κ1) is 48.7. The van der Waals surface area contributed by atoms with Gasteiger partial charge in [-0.2, -0.15) is 13.2 Å². The molecule has 1 aliphatic heterocycles. The minimum atomic E-state index is -4.61. The number of halogens is 4. The molecule has 4 nitrogen and oxygen atoms in total. The monoisotopic (exact) mass is 962 g/mol. The molecule has 0 aromatic heterocycles. The van der Waals surface area contributed by atoms with E-state index in [4.69, 9.17) is 14.2 Å². The summed E-state index contributed by atoms with van der Waals surface area (Å²) < 4.78 is 77.9. The number of fused-ring (bicyclic) bond motifs is 8. The zero-order chi connectivity index (χ0) is 49.5. The van der Waals surface area contributed by atoms with E-state index in [9.17, 15) is 22.4 Å². The zero-order valence-corrected chi connectivity index (χ0v) is 41.6. The molecule has 0 N–H and O–H groups in total. The van der Waals surface area contributed by atoms with Crippen molar-refractivity contribution in [2.24, 2.45) is 17.8 Å². The Morgan fingerprint density at radius 3 is 2.01 bits per heavy atom. The first-order valence-corrected chi connectivity index (χ1v) is 26.3. The average Bonchev–Trinajstić information content (AvgIpc) is 3.62. The van der Waals surface area contributed by atoms with Gasteiger partial charge in [-0.3, -0.25) is 0 Å². The van der Waals surface area contributed by atoms with E-state index in [1.807, 2.05) is 60.7 Å². The smallest absolute Gasteiger partial charge is 0.416 e. The molecule has 1 unspecified atom stereocenters. The Balaban J connectivity index is 0.936. The van der Waals surface area contributed by atoms with Crippen LogP contribution in [-0.4, -0.2) is 18.7 Å². The molecule has 6 aromatic carbocycles. The molecule has 2 saturated carbocycles. The number of alkyl halides is 3. The molecule has 1 atom stereocenters. The van der Waals surface area contributed by atoms with E-state index in [0.29, 0.717) is 51.1 Å². The van der Waals surface area contributed by atoms with Crippen LogP contribution in [0.25, 0.3) is 39.1 Å². The predicted octanol–water partition coefficient (Wildman–Crippen LogP) is 17.6. The Labute approximate surface area is 416 Å². The fourth-order valence-corrected chi connectivity index (χ4v) is 12.5. The summed E-state index contributed by atoms with van der Waals surface area (Å²) in [5.74, 6) is 2.78. The Hall–Kier alpha value is -5.89. The molecule has 4 aliphatic rings. The van der Waals surface area contributed by atoms with Gasteiger partial charge < -0.3 is 14.2 Å². The van der Waals surface area contributed by atoms with Crippen molar-refractivity contribution in [2.75, 3.05) is 6.61 Å². The van der Waals surface area contributed by atoms with Crippen molar-refractivity contribution in [3.8, 4) is 33.8 Å². The summed E-state index contributed by atoms with van der Waals surface area (Å²) in [5, 5.41) is 0.964. The van der Waals surface area contributed by atoms with Crippen LogP contribution in [0.4, 0.5) is 17.6 Å². The normalized spacial score (nSPS) is 22.3. The molecule has 2 fully saturated rings. The third kappa shape index (κ3) is 9.53. The number of rotatable bonds is 14. The van der Waals surface area contributed by atoms with Gasteiger partial charge in [0.05, 0.1) is 17.7 Å². The highest BCUT2D eigenvalue weighted by molar-refractivity contribution is 6.09. The SMILES string of the molecule is CCCCC[C@H]1CC[C@H]([C@H]2CC[C@H](OC(=O)c3ccc(-c4ccc5c(c4)-c4c(c6c(c7cc(C(F)(F)F)ccc47)OC(c4ccc(F)cc4)(c4ccc(OCCCC)cc4)C=C6)C5(C)C)cc3)CC2)CC1. The molecule has 0 bridgehead atoms. The fourth-order valence-electron chi connectivity index (χ4n) is 12.5. The van der Waals surface area contributed by atoms with E-state index in [1.54, 1.807) is 18.2 Å². The highest BCUT2D eigenvalue weighted by Crippen LogP contribution is 2.59. The van der Waals surface area contributed by atoms with Gasteiger partial charge in [-0.25, -0.2) is 9.18 Å². The molecule has 370 valence electrons. The molecule has 0 amide bonds. The largest absolute Gasteiger partial charge is 0.494 e. The lowest BCUT2D eigenvalue weighted by atomic mass is 9.70. The second-order valence-corrected chi connectivity index (χ2v) is 21.3. The summed E-state index contributed by atoms with van der Waals surface area (Å²) in [4.78, 5) is 13.5. The number of carbonyl (C=O) groups is 1. The number of carbonyl (C=O) groups excluding carboxylic acids is 1. The van der Waals surface area contributed by atoms with Crippen molar-refractivity contribution in [3.63, 3.8) is 0 Å². The van der Waals surface area contributed by atoms with Crippen LogP contribution in [0.3, 0.4) is 0 Å². The third-order valence-electron chi connectivity index (χ3n) is 16.5. The van der Waals surface area contributed by atoms with Gasteiger partial charge in [0.2, 0.25) is 0 Å². The van der Waals surface area contributed by atoms with E-state index < -0.39 is 28.6 Å². The van der Waals surface area contributed by atoms with Gasteiger partial charge in [-0.05, 0) is 162 Å². The lowest BCUT2D eigenvalue weighted by molar-refractivity contribution is -0.137. The molecule has 10 rings (SSSR count). The molecule has 71 heavy (non-hydrogen) atoms. The quantitative estimate of drug-likeness (QED) is 0.0620. The molecule has 6 aromatic rings. The molecular weight excluding hydrogens is 897 g/mol. The van der Waals surface area contributed by atoms with Crippen molar-refractivity contribution < 1.29 is 36.6 Å². The molecule has 0 radical (unpaired) electrons. The number of benzene rings is 6. The Morgan fingerprint density at radius 1 is 0.704 bits per heavy atom. The summed E-state index contributed by atoms with van der Waals surface area (Å²) in [5.41, 5.74) is 5.48. The lowest BCUT2D eigenvalue weighted by Crippen LogP contribution is -2.35. The molecular formula is C63H66F4O4. The van der Waals surface area contributed by atoms with Crippen LogP contribution in [0.1, 0.15) is 161 Å². The number of ether oxygens (including phenoxy) is 3. The Morgan fingerprint density at radius 2 is 1.35 bits per heavy atom. The third-order valence-corrected chi connectivity index (χ3v) is 16.5. The van der Waals surface area contributed by atoms with Crippen molar-refractivity contribution in [1.29, 1.82) is 0 Å². The van der Waals surface area contributed by atoms with Crippen LogP contribution < -0.4 is 9.47 Å². The summed E-state index contributed by atoms with van der Waals surface area (Å²) in [6.45, 7) is 9.24. The van der Waals surface area contributed by atoms with Crippen LogP contribution in [0.15, 0.2) is 115 Å². The van der Waals surface area contributed by atoms with Crippen LogP contribution in [0.2, 0.25) is 0 Å². The summed E-state index contributed by atoms with van der Waals surface area (Å²) in [7, 11) is 0. The van der Waals surface area contributed by atoms with Gasteiger partial charge in [-0.15, -0.1) is 0 Å². The van der Waals surface area contributed by atoms with E-state index >= 15 is 0 Å². The predicted molar refractivity (Wildman–Crippen MR) is 276 cm³/mol. The van der Waals surface area contributed by atoms with Gasteiger partial charge in [0.15, 0.2) is 5.60 Å². The molecule has 0 saturated heterocycles. The molecule has 0 spiro atoms. The Kier molecular flexibility index (Phi) is 13.7. The number of unbranched alkanes of at least 4 members (excludes halogenated alkanes) is 3.